The van der Waals surface area contributed by atoms with Crippen LogP contribution in [0.1, 0.15) is 35.9 Å². The molecular weight excluding hydrogens is 304 g/mol. The number of nitrogens with one attached hydrogen (secondary N) is 1. The Bertz CT molecular complexity index is 546. The van der Waals surface area contributed by atoms with Crippen molar-refractivity contribution in [1.29, 1.82) is 0 Å². The number of rotatable bonds is 8. The summed E-state index contributed by atoms with van der Waals surface area (Å²) in [6.45, 7) is 2.89. The molecule has 2 aromatic heterocycles. The molecule has 0 bridgehead atoms. The molecule has 6 heteroatoms. The van der Waals surface area contributed by atoms with Crippen molar-refractivity contribution < 1.29 is 9.90 Å². The van der Waals surface area contributed by atoms with Gasteiger partial charge in [0.15, 0.2) is 0 Å². The van der Waals surface area contributed by atoms with Crippen LogP contribution in [0.5, 0.6) is 0 Å². The summed E-state index contributed by atoms with van der Waals surface area (Å²) in [6.07, 6.45) is 4.45. The molecule has 21 heavy (non-hydrogen) atoms. The molecule has 2 N–H and O–H groups in total. The summed E-state index contributed by atoms with van der Waals surface area (Å²) in [5, 5.41) is 14.9. The number of aromatic nitrogens is 1. The number of aliphatic hydroxyl groups is 1. The molecule has 0 spiro atoms. The largest absolute Gasteiger partial charge is 0.396 e. The molecule has 0 aromatic carbocycles. The first-order chi connectivity index (χ1) is 10.2. The van der Waals surface area contributed by atoms with E-state index in [0.29, 0.717) is 17.3 Å². The van der Waals surface area contributed by atoms with Gasteiger partial charge in [-0.1, -0.05) is 19.4 Å². The van der Waals surface area contributed by atoms with Crippen LogP contribution in [0.3, 0.4) is 0 Å². The van der Waals surface area contributed by atoms with Gasteiger partial charge in [0, 0.05) is 13.2 Å². The summed E-state index contributed by atoms with van der Waals surface area (Å²) >= 11 is 3.04. The molecule has 4 nitrogen and oxygen atoms in total. The van der Waals surface area contributed by atoms with Crippen molar-refractivity contribution in [3.8, 4) is 9.88 Å². The smallest absolute Gasteiger partial charge is 0.263 e. The topological polar surface area (TPSA) is 62.2 Å². The molecule has 0 saturated carbocycles. The second-order valence-electron chi connectivity index (χ2n) is 4.88. The fourth-order valence-corrected chi connectivity index (χ4v) is 3.79. The fraction of sp³-hybridized carbons (Fsp3) is 0.467. The molecule has 0 aliphatic carbocycles. The minimum absolute atomic E-state index is 0.0747. The number of hydrogen-bond acceptors (Lipinski definition) is 5. The van der Waals surface area contributed by atoms with E-state index in [1.807, 2.05) is 17.5 Å². The maximum Gasteiger partial charge on any atom is 0.263 e. The lowest BCUT2D eigenvalue weighted by Crippen LogP contribution is -2.29. The summed E-state index contributed by atoms with van der Waals surface area (Å²) < 4.78 is 0. The van der Waals surface area contributed by atoms with Crippen LogP contribution in [-0.2, 0) is 0 Å². The summed E-state index contributed by atoms with van der Waals surface area (Å²) in [7, 11) is 0. The van der Waals surface area contributed by atoms with Gasteiger partial charge in [-0.05, 0) is 30.2 Å². The predicted octanol–water partition coefficient (Wildman–Crippen LogP) is 3.40. The zero-order chi connectivity index (χ0) is 15.1. The summed E-state index contributed by atoms with van der Waals surface area (Å²) in [5.41, 5.74) is 0. The van der Waals surface area contributed by atoms with Crippen molar-refractivity contribution in [3.05, 3.63) is 28.6 Å². The van der Waals surface area contributed by atoms with E-state index in [2.05, 4.69) is 17.2 Å². The molecule has 0 saturated heterocycles. The van der Waals surface area contributed by atoms with E-state index in [4.69, 9.17) is 5.11 Å². The number of carbonyl (C=O) groups excluding carboxylic acids is 1. The first-order valence-electron chi connectivity index (χ1n) is 7.13. The Hall–Kier alpha value is -1.24. The predicted molar refractivity (Wildman–Crippen MR) is 87.9 cm³/mol. The van der Waals surface area contributed by atoms with E-state index >= 15 is 0 Å². The van der Waals surface area contributed by atoms with Gasteiger partial charge in [0.05, 0.1) is 11.1 Å². The Morgan fingerprint density at radius 1 is 1.48 bits per heavy atom. The number of thiophene rings is 1. The standard InChI is InChI=1S/C15H20N2O2S2/c1-2-4-11(6-7-18)9-16-14(19)13-10-17-15(21-13)12-5-3-8-20-12/h3,5,8,10-11,18H,2,4,6-7,9H2,1H3,(H,16,19). The van der Waals surface area contributed by atoms with Gasteiger partial charge < -0.3 is 10.4 Å². The molecule has 1 amide bonds. The fourth-order valence-electron chi connectivity index (χ4n) is 2.16. The second kappa shape index (κ2) is 8.26. The van der Waals surface area contributed by atoms with Crippen molar-refractivity contribution in [1.82, 2.24) is 10.3 Å². The number of thiazole rings is 1. The minimum Gasteiger partial charge on any atom is -0.396 e. The first kappa shape index (κ1) is 16.1. The average molecular weight is 324 g/mol. The normalized spacial score (nSPS) is 12.3. The molecule has 1 atom stereocenters. The van der Waals surface area contributed by atoms with Gasteiger partial charge in [-0.3, -0.25) is 4.79 Å². The van der Waals surface area contributed by atoms with Crippen molar-refractivity contribution in [2.75, 3.05) is 13.2 Å². The Labute approximate surface area is 132 Å². The summed E-state index contributed by atoms with van der Waals surface area (Å²) in [4.78, 5) is 18.2. The quantitative estimate of drug-likeness (QED) is 0.782. The molecule has 1 unspecified atom stereocenters. The zero-order valence-corrected chi connectivity index (χ0v) is 13.7. The Morgan fingerprint density at radius 3 is 3.00 bits per heavy atom. The van der Waals surface area contributed by atoms with Crippen LogP contribution in [0.4, 0.5) is 0 Å². The van der Waals surface area contributed by atoms with E-state index < -0.39 is 0 Å². The molecule has 0 aliphatic heterocycles. The molecule has 2 aromatic rings. The summed E-state index contributed by atoms with van der Waals surface area (Å²) in [5.74, 6) is 0.267. The molecule has 0 aliphatic rings. The van der Waals surface area contributed by atoms with Gasteiger partial charge in [-0.15, -0.1) is 22.7 Å². The third-order valence-electron chi connectivity index (χ3n) is 3.25. The number of aliphatic hydroxyl groups excluding tert-OH is 1. The number of nitrogens with zero attached hydrogens (tertiary/aromatic N) is 1. The number of carbonyl (C=O) groups is 1. The van der Waals surface area contributed by atoms with Crippen molar-refractivity contribution >= 4 is 28.6 Å². The summed E-state index contributed by atoms with van der Waals surface area (Å²) in [6, 6.07) is 3.98. The van der Waals surface area contributed by atoms with E-state index in [1.54, 1.807) is 17.5 Å². The number of amides is 1. The van der Waals surface area contributed by atoms with Crippen molar-refractivity contribution in [2.24, 2.45) is 5.92 Å². The minimum atomic E-state index is -0.0747. The molecule has 114 valence electrons. The van der Waals surface area contributed by atoms with Crippen molar-refractivity contribution in [2.45, 2.75) is 26.2 Å². The highest BCUT2D eigenvalue weighted by molar-refractivity contribution is 7.21. The average Bonchev–Trinajstić information content (AvgIpc) is 3.15. The van der Waals surface area contributed by atoms with E-state index in [1.165, 1.54) is 11.3 Å². The monoisotopic (exact) mass is 324 g/mol. The Balaban J connectivity index is 1.91. The van der Waals surface area contributed by atoms with Gasteiger partial charge in [-0.2, -0.15) is 0 Å². The van der Waals surface area contributed by atoms with Crippen molar-refractivity contribution in [3.63, 3.8) is 0 Å². The number of hydrogen-bond donors (Lipinski definition) is 2. The third-order valence-corrected chi connectivity index (χ3v) is 5.28. The highest BCUT2D eigenvalue weighted by Gasteiger charge is 2.14. The van der Waals surface area contributed by atoms with Crippen LogP contribution in [-0.4, -0.2) is 29.1 Å². The van der Waals surface area contributed by atoms with E-state index in [9.17, 15) is 4.79 Å². The molecule has 0 fully saturated rings. The highest BCUT2D eigenvalue weighted by atomic mass is 32.1. The Morgan fingerprint density at radius 2 is 2.33 bits per heavy atom. The van der Waals surface area contributed by atoms with Gasteiger partial charge in [-0.25, -0.2) is 4.98 Å². The van der Waals surface area contributed by atoms with Crippen LogP contribution < -0.4 is 5.32 Å². The van der Waals surface area contributed by atoms with Crippen LogP contribution >= 0.6 is 22.7 Å². The molecule has 0 radical (unpaired) electrons. The van der Waals surface area contributed by atoms with E-state index in [0.717, 1.165) is 29.1 Å². The SMILES string of the molecule is CCCC(CCO)CNC(=O)c1cnc(-c2cccs2)s1. The lowest BCUT2D eigenvalue weighted by atomic mass is 10.0. The molecular formula is C15H20N2O2S2. The van der Waals surface area contributed by atoms with Crippen LogP contribution in [0, 0.1) is 5.92 Å². The second-order valence-corrected chi connectivity index (χ2v) is 6.86. The first-order valence-corrected chi connectivity index (χ1v) is 8.83. The van der Waals surface area contributed by atoms with Crippen LogP contribution in [0.25, 0.3) is 9.88 Å². The van der Waals surface area contributed by atoms with Gasteiger partial charge in [0.1, 0.15) is 9.88 Å². The van der Waals surface area contributed by atoms with Crippen LogP contribution in [0.15, 0.2) is 23.7 Å². The Kier molecular flexibility index (Phi) is 6.35. The zero-order valence-electron chi connectivity index (χ0n) is 12.0. The lowest BCUT2D eigenvalue weighted by molar-refractivity contribution is 0.0946. The van der Waals surface area contributed by atoms with Crippen LogP contribution in [0.2, 0.25) is 0 Å². The molecule has 2 heterocycles. The highest BCUT2D eigenvalue weighted by Crippen LogP contribution is 2.28. The molecule has 2 rings (SSSR count). The van der Waals surface area contributed by atoms with Gasteiger partial charge >= 0.3 is 0 Å². The van der Waals surface area contributed by atoms with Gasteiger partial charge in [0.25, 0.3) is 5.91 Å². The van der Waals surface area contributed by atoms with Gasteiger partial charge in [0.2, 0.25) is 0 Å². The maximum atomic E-state index is 12.1. The third kappa shape index (κ3) is 4.62. The van der Waals surface area contributed by atoms with E-state index in [-0.39, 0.29) is 12.5 Å². The maximum absolute atomic E-state index is 12.1. The lowest BCUT2D eigenvalue weighted by Gasteiger charge is -2.15.